The maximum atomic E-state index is 2.43. The van der Waals surface area contributed by atoms with Gasteiger partial charge in [0.25, 0.3) is 0 Å². The molecule has 0 fully saturated rings. The van der Waals surface area contributed by atoms with Gasteiger partial charge in [-0.2, -0.15) is 0 Å². The van der Waals surface area contributed by atoms with Crippen molar-refractivity contribution in [3.63, 3.8) is 0 Å². The van der Waals surface area contributed by atoms with Gasteiger partial charge in [-0.25, -0.2) is 0 Å². The molecule has 0 amide bonds. The van der Waals surface area contributed by atoms with Crippen molar-refractivity contribution in [1.82, 2.24) is 9.13 Å². The molecule has 12 rings (SSSR count). The van der Waals surface area contributed by atoms with E-state index in [0.29, 0.717) is 0 Å². The van der Waals surface area contributed by atoms with Crippen LogP contribution in [0.4, 0.5) is 17.1 Å². The molecule has 12 aromatic rings. The Morgan fingerprint density at radius 1 is 0.308 bits per heavy atom. The van der Waals surface area contributed by atoms with Gasteiger partial charge in [0.2, 0.25) is 0 Å². The molecular weight excluding hydrogens is 787 g/mol. The van der Waals surface area contributed by atoms with Gasteiger partial charge >= 0.3 is 0 Å². The third kappa shape index (κ3) is 6.50. The van der Waals surface area contributed by atoms with E-state index in [2.05, 4.69) is 254 Å². The van der Waals surface area contributed by atoms with E-state index in [1.807, 2.05) is 0 Å². The average molecular weight is 834 g/mol. The van der Waals surface area contributed by atoms with Gasteiger partial charge in [-0.3, -0.25) is 0 Å². The van der Waals surface area contributed by atoms with Crippen molar-refractivity contribution in [2.45, 2.75) is 27.7 Å². The molecule has 0 N–H and O–H groups in total. The summed E-state index contributed by atoms with van der Waals surface area (Å²) in [7, 11) is 0. The van der Waals surface area contributed by atoms with Crippen LogP contribution in [-0.4, -0.2) is 9.13 Å². The lowest BCUT2D eigenvalue weighted by Gasteiger charge is -2.29. The highest BCUT2D eigenvalue weighted by Crippen LogP contribution is 2.45. The van der Waals surface area contributed by atoms with Crippen molar-refractivity contribution in [1.29, 1.82) is 0 Å². The molecule has 2 heterocycles. The molecule has 0 bridgehead atoms. The van der Waals surface area contributed by atoms with Gasteiger partial charge in [-0.05, 0) is 153 Å². The lowest BCUT2D eigenvalue weighted by Crippen LogP contribution is -2.11. The molecule has 0 radical (unpaired) electrons. The second kappa shape index (κ2) is 15.3. The second-order valence-corrected chi connectivity index (χ2v) is 17.7. The van der Waals surface area contributed by atoms with Crippen LogP contribution in [0.5, 0.6) is 0 Å². The minimum atomic E-state index is 1.10. The standard InChI is InChI=1S/C62H47N3/c1-40-17-30-59-53(35-40)54-36-41(2)18-31-60(54)64(59)49-26-21-44(22-27-49)47-25-34-58(63(48-13-6-5-7-14-48)57-16-10-12-45-11-8-9-15-51(45)57)52(39-47)46-23-28-50(29-24-46)65-61-32-19-42(3)37-55(61)56-38-43(4)20-33-62(56)65/h5-39H,1-4H3. The first-order valence-corrected chi connectivity index (χ1v) is 22.6. The summed E-state index contributed by atoms with van der Waals surface area (Å²) in [4.78, 5) is 2.43. The Labute approximate surface area is 379 Å². The monoisotopic (exact) mass is 833 g/mol. The molecule has 0 saturated carbocycles. The smallest absolute Gasteiger partial charge is 0.0541 e. The van der Waals surface area contributed by atoms with E-state index in [4.69, 9.17) is 0 Å². The molecule has 0 aliphatic carbocycles. The Kier molecular flexibility index (Phi) is 9.06. The third-order valence-corrected chi connectivity index (χ3v) is 13.3. The van der Waals surface area contributed by atoms with E-state index in [0.717, 1.165) is 50.7 Å². The van der Waals surface area contributed by atoms with Crippen LogP contribution in [0.25, 0.3) is 88.0 Å². The maximum absolute atomic E-state index is 2.43. The van der Waals surface area contributed by atoms with E-state index >= 15 is 0 Å². The number of hydrogen-bond acceptors (Lipinski definition) is 1. The van der Waals surface area contributed by atoms with E-state index in [9.17, 15) is 0 Å². The fourth-order valence-corrected chi connectivity index (χ4v) is 10.2. The zero-order valence-electron chi connectivity index (χ0n) is 37.0. The van der Waals surface area contributed by atoms with Crippen LogP contribution in [0.3, 0.4) is 0 Å². The number of para-hydroxylation sites is 1. The summed E-state index contributed by atoms with van der Waals surface area (Å²) in [6.07, 6.45) is 0. The molecule has 10 aromatic carbocycles. The highest BCUT2D eigenvalue weighted by Gasteiger charge is 2.21. The molecule has 0 unspecified atom stereocenters. The summed E-state index contributed by atoms with van der Waals surface area (Å²) < 4.78 is 4.82. The quantitative estimate of drug-likeness (QED) is 0.156. The number of hydrogen-bond donors (Lipinski definition) is 0. The summed E-state index contributed by atoms with van der Waals surface area (Å²) in [5, 5.41) is 7.55. The van der Waals surface area contributed by atoms with Crippen molar-refractivity contribution in [2.75, 3.05) is 4.90 Å². The summed E-state index contributed by atoms with van der Waals surface area (Å²) in [5.74, 6) is 0. The summed E-state index contributed by atoms with van der Waals surface area (Å²) >= 11 is 0. The number of anilines is 3. The first-order chi connectivity index (χ1) is 31.9. The van der Waals surface area contributed by atoms with Gasteiger partial charge in [0.05, 0.1) is 33.4 Å². The Bertz CT molecular complexity index is 3670. The molecule has 0 aliphatic rings. The molecule has 0 aliphatic heterocycles. The van der Waals surface area contributed by atoms with Gasteiger partial charge in [-0.1, -0.05) is 131 Å². The van der Waals surface area contributed by atoms with Crippen molar-refractivity contribution in [3.05, 3.63) is 235 Å². The van der Waals surface area contributed by atoms with E-state index in [-0.39, 0.29) is 0 Å². The fraction of sp³-hybridized carbons (Fsp3) is 0.0645. The van der Waals surface area contributed by atoms with Crippen molar-refractivity contribution in [3.8, 4) is 33.6 Å². The van der Waals surface area contributed by atoms with Crippen molar-refractivity contribution in [2.24, 2.45) is 0 Å². The van der Waals surface area contributed by atoms with Gasteiger partial charge < -0.3 is 14.0 Å². The average Bonchev–Trinajstić information content (AvgIpc) is 3.83. The third-order valence-electron chi connectivity index (χ3n) is 13.3. The number of fused-ring (bicyclic) bond motifs is 7. The zero-order valence-corrected chi connectivity index (χ0v) is 37.0. The van der Waals surface area contributed by atoms with Crippen LogP contribution in [0, 0.1) is 27.7 Å². The van der Waals surface area contributed by atoms with Gasteiger partial charge in [0.15, 0.2) is 0 Å². The molecular formula is C62H47N3. The minimum Gasteiger partial charge on any atom is -0.309 e. The summed E-state index contributed by atoms with van der Waals surface area (Å²) in [6, 6.07) is 78.6. The van der Waals surface area contributed by atoms with E-state index in [1.165, 1.54) is 76.6 Å². The van der Waals surface area contributed by atoms with Crippen LogP contribution in [0.15, 0.2) is 212 Å². The lowest BCUT2D eigenvalue weighted by atomic mass is 9.95. The lowest BCUT2D eigenvalue weighted by molar-refractivity contribution is 1.18. The van der Waals surface area contributed by atoms with E-state index < -0.39 is 0 Å². The highest BCUT2D eigenvalue weighted by atomic mass is 15.1. The second-order valence-electron chi connectivity index (χ2n) is 17.7. The largest absolute Gasteiger partial charge is 0.309 e. The molecule has 0 spiro atoms. The van der Waals surface area contributed by atoms with Crippen LogP contribution < -0.4 is 4.90 Å². The predicted molar refractivity (Wildman–Crippen MR) is 277 cm³/mol. The first kappa shape index (κ1) is 38.5. The Balaban J connectivity index is 1.03. The molecule has 0 atom stereocenters. The molecule has 2 aromatic heterocycles. The summed E-state index contributed by atoms with van der Waals surface area (Å²) in [5.41, 5.74) is 20.2. The number of aryl methyl sites for hydroxylation is 4. The highest BCUT2D eigenvalue weighted by molar-refractivity contribution is 6.11. The molecule has 0 saturated heterocycles. The van der Waals surface area contributed by atoms with Gasteiger partial charge in [-0.15, -0.1) is 0 Å². The first-order valence-electron chi connectivity index (χ1n) is 22.6. The van der Waals surface area contributed by atoms with E-state index in [1.54, 1.807) is 0 Å². The Morgan fingerprint density at radius 2 is 0.754 bits per heavy atom. The SMILES string of the molecule is Cc1ccc2c(c1)c1cc(C)ccc1n2-c1ccc(-c2ccc(N(c3ccccc3)c3cccc4ccccc34)c(-c3ccc(-n4c5ccc(C)cc5c5cc(C)ccc54)cc3)c2)cc1. The summed E-state index contributed by atoms with van der Waals surface area (Å²) in [6.45, 7) is 8.71. The Morgan fingerprint density at radius 3 is 1.28 bits per heavy atom. The number of benzene rings is 10. The molecule has 310 valence electrons. The number of rotatable bonds is 7. The molecule has 3 nitrogen and oxygen atoms in total. The van der Waals surface area contributed by atoms with Gasteiger partial charge in [0, 0.05) is 49.6 Å². The van der Waals surface area contributed by atoms with Crippen LogP contribution in [-0.2, 0) is 0 Å². The van der Waals surface area contributed by atoms with Crippen LogP contribution in [0.1, 0.15) is 22.3 Å². The maximum Gasteiger partial charge on any atom is 0.0541 e. The minimum absolute atomic E-state index is 1.10. The predicted octanol–water partition coefficient (Wildman–Crippen LogP) is 17.1. The zero-order chi connectivity index (χ0) is 43.8. The van der Waals surface area contributed by atoms with Crippen LogP contribution >= 0.6 is 0 Å². The number of nitrogens with zero attached hydrogens (tertiary/aromatic N) is 3. The number of aromatic nitrogens is 2. The van der Waals surface area contributed by atoms with Gasteiger partial charge in [0.1, 0.15) is 0 Å². The van der Waals surface area contributed by atoms with Crippen LogP contribution in [0.2, 0.25) is 0 Å². The molecule has 3 heteroatoms. The Hall–Kier alpha value is -8.14. The fourth-order valence-electron chi connectivity index (χ4n) is 10.2. The normalized spacial score (nSPS) is 11.7. The van der Waals surface area contributed by atoms with Crippen molar-refractivity contribution < 1.29 is 0 Å². The topological polar surface area (TPSA) is 13.1 Å². The van der Waals surface area contributed by atoms with Crippen molar-refractivity contribution >= 4 is 71.4 Å². The molecule has 65 heavy (non-hydrogen) atoms.